The van der Waals surface area contributed by atoms with Gasteiger partial charge in [-0.2, -0.15) is 0 Å². The molecule has 84 valence electrons. The summed E-state index contributed by atoms with van der Waals surface area (Å²) in [6.45, 7) is 0.796. The Balaban J connectivity index is 1.66. The molecule has 15 heavy (non-hydrogen) atoms. The third-order valence-corrected chi connectivity index (χ3v) is 4.54. The molecular weight excluding hydrogens is 276 g/mol. The molecule has 1 fully saturated rings. The summed E-state index contributed by atoms with van der Waals surface area (Å²) in [6.07, 6.45) is 2.58. The standard InChI is InChI=1S/C11H15BrO2S/c1-13-11-9(12)7-10(11)14-5-4-8-3-2-6-15-8/h2-3,6,9-11H,4-5,7H2,1H3. The Bertz CT molecular complexity index is 289. The Morgan fingerprint density at radius 1 is 1.60 bits per heavy atom. The minimum absolute atomic E-state index is 0.230. The van der Waals surface area contributed by atoms with E-state index in [1.54, 1.807) is 18.4 Å². The van der Waals surface area contributed by atoms with Crippen molar-refractivity contribution in [2.24, 2.45) is 0 Å². The van der Waals surface area contributed by atoms with Crippen molar-refractivity contribution in [2.75, 3.05) is 13.7 Å². The van der Waals surface area contributed by atoms with Gasteiger partial charge in [-0.1, -0.05) is 22.0 Å². The highest BCUT2D eigenvalue weighted by Crippen LogP contribution is 2.32. The van der Waals surface area contributed by atoms with E-state index in [-0.39, 0.29) is 12.2 Å². The van der Waals surface area contributed by atoms with Crippen LogP contribution in [0.25, 0.3) is 0 Å². The van der Waals surface area contributed by atoms with E-state index in [1.807, 2.05) is 0 Å². The summed E-state index contributed by atoms with van der Waals surface area (Å²) >= 11 is 5.34. The molecule has 4 heteroatoms. The van der Waals surface area contributed by atoms with Gasteiger partial charge in [0.1, 0.15) is 0 Å². The Kier molecular flexibility index (Phi) is 4.20. The van der Waals surface area contributed by atoms with Crippen LogP contribution < -0.4 is 0 Å². The fraction of sp³-hybridized carbons (Fsp3) is 0.636. The molecule has 0 N–H and O–H groups in total. The predicted molar refractivity (Wildman–Crippen MR) is 65.9 cm³/mol. The second-order valence-electron chi connectivity index (χ2n) is 3.69. The number of thiophene rings is 1. The van der Waals surface area contributed by atoms with Crippen molar-refractivity contribution in [1.82, 2.24) is 0 Å². The smallest absolute Gasteiger partial charge is 0.0958 e. The molecule has 0 amide bonds. The normalized spacial score (nSPS) is 30.1. The molecule has 0 aliphatic heterocycles. The van der Waals surface area contributed by atoms with E-state index in [9.17, 15) is 0 Å². The first kappa shape index (κ1) is 11.6. The minimum atomic E-state index is 0.230. The van der Waals surface area contributed by atoms with Crippen LogP contribution in [-0.4, -0.2) is 30.8 Å². The van der Waals surface area contributed by atoms with E-state index in [0.29, 0.717) is 4.83 Å². The van der Waals surface area contributed by atoms with Crippen LogP contribution in [0.2, 0.25) is 0 Å². The van der Waals surface area contributed by atoms with Gasteiger partial charge in [0.05, 0.1) is 18.8 Å². The molecule has 3 atom stereocenters. The van der Waals surface area contributed by atoms with Crippen LogP contribution in [0.3, 0.4) is 0 Å². The fourth-order valence-electron chi connectivity index (χ4n) is 1.76. The lowest BCUT2D eigenvalue weighted by Gasteiger charge is -2.40. The lowest BCUT2D eigenvalue weighted by atomic mass is 9.91. The van der Waals surface area contributed by atoms with Gasteiger partial charge in [0.25, 0.3) is 0 Å². The van der Waals surface area contributed by atoms with E-state index in [1.165, 1.54) is 4.88 Å². The highest BCUT2D eigenvalue weighted by atomic mass is 79.9. The molecular formula is C11H15BrO2S. The van der Waals surface area contributed by atoms with Gasteiger partial charge in [-0.05, 0) is 17.9 Å². The van der Waals surface area contributed by atoms with Gasteiger partial charge in [0.15, 0.2) is 0 Å². The SMILES string of the molecule is COC1C(Br)CC1OCCc1cccs1. The molecule has 1 aromatic heterocycles. The predicted octanol–water partition coefficient (Wildman–Crippen LogP) is 2.86. The summed E-state index contributed by atoms with van der Waals surface area (Å²) < 4.78 is 11.1. The maximum absolute atomic E-state index is 5.78. The third kappa shape index (κ3) is 2.81. The Hall–Kier alpha value is 0.100. The molecule has 2 rings (SSSR count). The van der Waals surface area contributed by atoms with Crippen molar-refractivity contribution in [1.29, 1.82) is 0 Å². The zero-order valence-corrected chi connectivity index (χ0v) is 11.1. The van der Waals surface area contributed by atoms with E-state index in [2.05, 4.69) is 33.4 Å². The quantitative estimate of drug-likeness (QED) is 0.777. The Morgan fingerprint density at radius 2 is 2.47 bits per heavy atom. The summed E-state index contributed by atoms with van der Waals surface area (Å²) in [5, 5.41) is 2.10. The topological polar surface area (TPSA) is 18.5 Å². The van der Waals surface area contributed by atoms with E-state index >= 15 is 0 Å². The average Bonchev–Trinajstić information content (AvgIpc) is 2.69. The molecule has 0 saturated heterocycles. The summed E-state index contributed by atoms with van der Waals surface area (Å²) in [7, 11) is 1.74. The number of alkyl halides is 1. The number of rotatable bonds is 5. The lowest BCUT2D eigenvalue weighted by Crippen LogP contribution is -2.50. The zero-order chi connectivity index (χ0) is 10.7. The highest BCUT2D eigenvalue weighted by molar-refractivity contribution is 9.09. The first-order chi connectivity index (χ1) is 7.31. The van der Waals surface area contributed by atoms with E-state index in [0.717, 1.165) is 19.4 Å². The number of hydrogen-bond acceptors (Lipinski definition) is 3. The van der Waals surface area contributed by atoms with E-state index < -0.39 is 0 Å². The second kappa shape index (κ2) is 5.43. The van der Waals surface area contributed by atoms with Crippen molar-refractivity contribution in [3.8, 4) is 0 Å². The number of ether oxygens (including phenoxy) is 2. The Morgan fingerprint density at radius 3 is 3.07 bits per heavy atom. The van der Waals surface area contributed by atoms with Gasteiger partial charge in [-0.3, -0.25) is 0 Å². The van der Waals surface area contributed by atoms with Crippen molar-refractivity contribution < 1.29 is 9.47 Å². The van der Waals surface area contributed by atoms with Crippen LogP contribution in [0.5, 0.6) is 0 Å². The average molecular weight is 291 g/mol. The molecule has 0 radical (unpaired) electrons. The van der Waals surface area contributed by atoms with Gasteiger partial charge in [0, 0.05) is 23.2 Å². The zero-order valence-electron chi connectivity index (χ0n) is 8.69. The van der Waals surface area contributed by atoms with Gasteiger partial charge in [0.2, 0.25) is 0 Å². The summed E-state index contributed by atoms with van der Waals surface area (Å²) in [6, 6.07) is 4.23. The first-order valence-corrected chi connectivity index (χ1v) is 6.91. The highest BCUT2D eigenvalue weighted by Gasteiger charge is 2.40. The molecule has 1 aliphatic carbocycles. The molecule has 0 aromatic carbocycles. The molecule has 1 heterocycles. The Labute approximate surface area is 103 Å². The van der Waals surface area contributed by atoms with Crippen LogP contribution in [0.4, 0.5) is 0 Å². The molecule has 2 nitrogen and oxygen atoms in total. The second-order valence-corrected chi connectivity index (χ2v) is 5.90. The molecule has 1 saturated carbocycles. The van der Waals surface area contributed by atoms with Gasteiger partial charge in [-0.15, -0.1) is 11.3 Å². The monoisotopic (exact) mass is 290 g/mol. The van der Waals surface area contributed by atoms with Crippen molar-refractivity contribution in [3.63, 3.8) is 0 Å². The molecule has 0 spiro atoms. The molecule has 0 bridgehead atoms. The maximum atomic E-state index is 5.78. The largest absolute Gasteiger partial charge is 0.378 e. The summed E-state index contributed by atoms with van der Waals surface area (Å²) in [5.74, 6) is 0. The van der Waals surface area contributed by atoms with Crippen molar-refractivity contribution >= 4 is 27.3 Å². The van der Waals surface area contributed by atoms with Crippen LogP contribution in [0, 0.1) is 0 Å². The van der Waals surface area contributed by atoms with Crippen LogP contribution in [0.1, 0.15) is 11.3 Å². The molecule has 1 aromatic rings. The van der Waals surface area contributed by atoms with Crippen LogP contribution in [0.15, 0.2) is 17.5 Å². The van der Waals surface area contributed by atoms with Gasteiger partial charge in [-0.25, -0.2) is 0 Å². The van der Waals surface area contributed by atoms with Gasteiger partial charge < -0.3 is 9.47 Å². The first-order valence-electron chi connectivity index (χ1n) is 5.12. The summed E-state index contributed by atoms with van der Waals surface area (Å²) in [4.78, 5) is 1.85. The van der Waals surface area contributed by atoms with Gasteiger partial charge >= 0.3 is 0 Å². The summed E-state index contributed by atoms with van der Waals surface area (Å²) in [5.41, 5.74) is 0. The lowest BCUT2D eigenvalue weighted by molar-refractivity contribution is -0.105. The third-order valence-electron chi connectivity index (χ3n) is 2.71. The van der Waals surface area contributed by atoms with Crippen LogP contribution >= 0.6 is 27.3 Å². The molecule has 1 aliphatic rings. The minimum Gasteiger partial charge on any atom is -0.378 e. The van der Waals surface area contributed by atoms with E-state index in [4.69, 9.17) is 9.47 Å². The number of halogens is 1. The molecule has 3 unspecified atom stereocenters. The van der Waals surface area contributed by atoms with Crippen molar-refractivity contribution in [3.05, 3.63) is 22.4 Å². The number of methoxy groups -OCH3 is 1. The maximum Gasteiger partial charge on any atom is 0.0958 e. The van der Waals surface area contributed by atoms with Crippen LogP contribution in [-0.2, 0) is 15.9 Å². The van der Waals surface area contributed by atoms with Crippen molar-refractivity contribution in [2.45, 2.75) is 29.9 Å². The number of hydrogen-bond donors (Lipinski definition) is 0. The fourth-order valence-corrected chi connectivity index (χ4v) is 3.37.